The molecule has 0 saturated heterocycles. The van der Waals surface area contributed by atoms with Crippen molar-refractivity contribution in [2.24, 2.45) is 0 Å². The lowest BCUT2D eigenvalue weighted by molar-refractivity contribution is -0.384. The van der Waals surface area contributed by atoms with Gasteiger partial charge in [0.05, 0.1) is 20.7 Å². The van der Waals surface area contributed by atoms with E-state index in [0.29, 0.717) is 26.7 Å². The van der Waals surface area contributed by atoms with Crippen LogP contribution < -0.4 is 10.1 Å². The van der Waals surface area contributed by atoms with Crippen molar-refractivity contribution in [3.8, 4) is 11.8 Å². The number of carbonyl (C=O) groups is 1. The van der Waals surface area contributed by atoms with Crippen LogP contribution in [0.2, 0.25) is 0 Å². The molecule has 1 heterocycles. The number of aromatic nitrogens is 1. The van der Waals surface area contributed by atoms with E-state index in [1.54, 1.807) is 24.3 Å². The van der Waals surface area contributed by atoms with E-state index >= 15 is 0 Å². The second-order valence-electron chi connectivity index (χ2n) is 4.87. The first-order valence-corrected chi connectivity index (χ1v) is 7.85. The lowest BCUT2D eigenvalue weighted by Crippen LogP contribution is -2.20. The van der Waals surface area contributed by atoms with Crippen molar-refractivity contribution in [3.05, 3.63) is 58.1 Å². The molecule has 0 atom stereocenters. The van der Waals surface area contributed by atoms with Crippen LogP contribution in [0.1, 0.15) is 5.56 Å². The number of fused-ring (bicyclic) bond motifs is 1. The summed E-state index contributed by atoms with van der Waals surface area (Å²) >= 11 is 1.13. The van der Waals surface area contributed by atoms with E-state index in [0.717, 1.165) is 11.3 Å². The van der Waals surface area contributed by atoms with Gasteiger partial charge >= 0.3 is 0 Å². The van der Waals surface area contributed by atoms with Crippen molar-refractivity contribution in [2.75, 3.05) is 11.9 Å². The number of nitro benzene ring substituents is 1. The molecule has 0 aliphatic heterocycles. The molecule has 0 radical (unpaired) electrons. The summed E-state index contributed by atoms with van der Waals surface area (Å²) < 4.78 is 5.94. The highest BCUT2D eigenvalue weighted by Crippen LogP contribution is 2.29. The van der Waals surface area contributed by atoms with Gasteiger partial charge in [-0.3, -0.25) is 20.2 Å². The standard InChI is InChI=1S/C16H10N4O4S/c17-8-10-3-1-2-4-13(10)24-9-15(21)19-16-18-12-6-5-11(20(22)23)7-14(12)25-16/h1-7H,9H2,(H,18,19,21). The minimum atomic E-state index is -0.488. The van der Waals surface area contributed by atoms with Crippen LogP contribution in [-0.4, -0.2) is 22.4 Å². The Bertz CT molecular complexity index is 1010. The van der Waals surface area contributed by atoms with Gasteiger partial charge in [0, 0.05) is 12.1 Å². The molecule has 9 heteroatoms. The number of thiazole rings is 1. The molecule has 0 bridgehead atoms. The first-order valence-electron chi connectivity index (χ1n) is 7.03. The number of amides is 1. The van der Waals surface area contributed by atoms with Gasteiger partial charge in [0.15, 0.2) is 11.7 Å². The molecule has 0 saturated carbocycles. The minimum Gasteiger partial charge on any atom is -0.482 e. The number of benzene rings is 2. The van der Waals surface area contributed by atoms with E-state index < -0.39 is 10.8 Å². The Labute approximate surface area is 145 Å². The maximum Gasteiger partial charge on any atom is 0.270 e. The van der Waals surface area contributed by atoms with Gasteiger partial charge in [0.1, 0.15) is 11.8 Å². The predicted molar refractivity (Wildman–Crippen MR) is 91.6 cm³/mol. The lowest BCUT2D eigenvalue weighted by atomic mass is 10.2. The van der Waals surface area contributed by atoms with Gasteiger partial charge in [-0.25, -0.2) is 4.98 Å². The van der Waals surface area contributed by atoms with Crippen LogP contribution in [0.5, 0.6) is 5.75 Å². The fourth-order valence-electron chi connectivity index (χ4n) is 2.06. The average molecular weight is 354 g/mol. The molecule has 0 unspecified atom stereocenters. The Kier molecular flexibility index (Phi) is 4.54. The second kappa shape index (κ2) is 6.94. The number of para-hydroxylation sites is 1. The van der Waals surface area contributed by atoms with Gasteiger partial charge in [-0.1, -0.05) is 23.5 Å². The van der Waals surface area contributed by atoms with Gasteiger partial charge in [-0.15, -0.1) is 0 Å². The molecule has 1 N–H and O–H groups in total. The zero-order valence-electron chi connectivity index (χ0n) is 12.6. The van der Waals surface area contributed by atoms with Crippen molar-refractivity contribution < 1.29 is 14.5 Å². The molecule has 2 aromatic carbocycles. The smallest absolute Gasteiger partial charge is 0.270 e. The van der Waals surface area contributed by atoms with Crippen LogP contribution >= 0.6 is 11.3 Å². The van der Waals surface area contributed by atoms with E-state index in [4.69, 9.17) is 10.00 Å². The summed E-state index contributed by atoms with van der Waals surface area (Å²) in [6.07, 6.45) is 0. The molecule has 0 aliphatic rings. The highest BCUT2D eigenvalue weighted by Gasteiger charge is 2.12. The van der Waals surface area contributed by atoms with Crippen molar-refractivity contribution in [2.45, 2.75) is 0 Å². The molecule has 1 aromatic heterocycles. The van der Waals surface area contributed by atoms with Crippen LogP contribution in [0.3, 0.4) is 0 Å². The quantitative estimate of drug-likeness (QED) is 0.555. The number of hydrogen-bond acceptors (Lipinski definition) is 7. The predicted octanol–water partition coefficient (Wildman–Crippen LogP) is 3.09. The fraction of sp³-hybridized carbons (Fsp3) is 0.0625. The maximum absolute atomic E-state index is 12.0. The van der Waals surface area contributed by atoms with Crippen molar-refractivity contribution in [1.29, 1.82) is 5.26 Å². The molecule has 0 fully saturated rings. The highest BCUT2D eigenvalue weighted by atomic mass is 32.1. The summed E-state index contributed by atoms with van der Waals surface area (Å²) in [4.78, 5) is 26.5. The number of nitrogens with one attached hydrogen (secondary N) is 1. The number of carbonyl (C=O) groups excluding carboxylic acids is 1. The van der Waals surface area contributed by atoms with Gasteiger partial charge in [0.2, 0.25) is 0 Å². The summed E-state index contributed by atoms with van der Waals surface area (Å²) in [5, 5.41) is 22.7. The Hall–Kier alpha value is -3.51. The van der Waals surface area contributed by atoms with Crippen LogP contribution in [0.15, 0.2) is 42.5 Å². The topological polar surface area (TPSA) is 118 Å². The average Bonchev–Trinajstić information content (AvgIpc) is 3.01. The Morgan fingerprint density at radius 3 is 2.92 bits per heavy atom. The molecule has 0 aliphatic carbocycles. The number of ether oxygens (including phenoxy) is 1. The summed E-state index contributed by atoms with van der Waals surface area (Å²) in [6, 6.07) is 12.9. The molecule has 1 amide bonds. The van der Waals surface area contributed by atoms with Gasteiger partial charge in [-0.2, -0.15) is 5.26 Å². The Morgan fingerprint density at radius 1 is 1.36 bits per heavy atom. The van der Waals surface area contributed by atoms with E-state index in [-0.39, 0.29) is 12.3 Å². The number of nitriles is 1. The van der Waals surface area contributed by atoms with Crippen molar-refractivity contribution in [3.63, 3.8) is 0 Å². The summed E-state index contributed by atoms with van der Waals surface area (Å²) in [5.41, 5.74) is 0.856. The van der Waals surface area contributed by atoms with Crippen molar-refractivity contribution >= 4 is 38.3 Å². The molecular formula is C16H10N4O4S. The summed E-state index contributed by atoms with van der Waals surface area (Å²) in [5.74, 6) is -0.124. The number of rotatable bonds is 5. The van der Waals surface area contributed by atoms with E-state index in [9.17, 15) is 14.9 Å². The van der Waals surface area contributed by atoms with Crippen LogP contribution in [0.25, 0.3) is 10.2 Å². The van der Waals surface area contributed by atoms with Crippen LogP contribution in [-0.2, 0) is 4.79 Å². The number of anilines is 1. The fourth-order valence-corrected chi connectivity index (χ4v) is 2.98. The lowest BCUT2D eigenvalue weighted by Gasteiger charge is -2.06. The zero-order chi connectivity index (χ0) is 17.8. The molecule has 25 heavy (non-hydrogen) atoms. The van der Waals surface area contributed by atoms with Gasteiger partial charge < -0.3 is 4.74 Å². The largest absolute Gasteiger partial charge is 0.482 e. The first kappa shape index (κ1) is 16.4. The molecular weight excluding hydrogens is 344 g/mol. The number of hydrogen-bond donors (Lipinski definition) is 1. The number of nitrogens with zero attached hydrogens (tertiary/aromatic N) is 3. The van der Waals surface area contributed by atoms with Crippen LogP contribution in [0, 0.1) is 21.4 Å². The second-order valence-corrected chi connectivity index (χ2v) is 5.90. The third-order valence-corrected chi connectivity index (χ3v) is 4.13. The maximum atomic E-state index is 12.0. The number of non-ortho nitro benzene ring substituents is 1. The normalized spacial score (nSPS) is 10.2. The van der Waals surface area contributed by atoms with E-state index in [2.05, 4.69) is 10.3 Å². The Morgan fingerprint density at radius 2 is 2.16 bits per heavy atom. The number of nitro groups is 1. The molecule has 3 rings (SSSR count). The Balaban J connectivity index is 1.67. The highest BCUT2D eigenvalue weighted by molar-refractivity contribution is 7.22. The molecule has 0 spiro atoms. The SMILES string of the molecule is N#Cc1ccccc1OCC(=O)Nc1nc2ccc([N+](=O)[O-])cc2s1. The van der Waals surface area contributed by atoms with E-state index in [1.807, 2.05) is 6.07 Å². The molecule has 8 nitrogen and oxygen atoms in total. The monoisotopic (exact) mass is 354 g/mol. The summed E-state index contributed by atoms with van der Waals surface area (Å²) in [6.45, 7) is -0.283. The molecule has 3 aromatic rings. The summed E-state index contributed by atoms with van der Waals surface area (Å²) in [7, 11) is 0. The van der Waals surface area contributed by atoms with E-state index in [1.165, 1.54) is 18.2 Å². The third-order valence-electron chi connectivity index (χ3n) is 3.20. The van der Waals surface area contributed by atoms with Gasteiger partial charge in [0.25, 0.3) is 11.6 Å². The molecule has 124 valence electrons. The van der Waals surface area contributed by atoms with Crippen molar-refractivity contribution in [1.82, 2.24) is 4.98 Å². The third kappa shape index (κ3) is 3.70. The van der Waals surface area contributed by atoms with Gasteiger partial charge in [-0.05, 0) is 18.2 Å². The minimum absolute atomic E-state index is 0.0366. The zero-order valence-corrected chi connectivity index (χ0v) is 13.4. The van der Waals surface area contributed by atoms with Crippen LogP contribution in [0.4, 0.5) is 10.8 Å². The first-order chi connectivity index (χ1) is 12.1.